The van der Waals surface area contributed by atoms with E-state index in [1.54, 1.807) is 0 Å². The molecular weight excluding hydrogens is 256 g/mol. The Bertz CT molecular complexity index is 411. The highest BCUT2D eigenvalue weighted by molar-refractivity contribution is 5.01. The lowest BCUT2D eigenvalue weighted by Gasteiger charge is -2.33. The van der Waals surface area contributed by atoms with E-state index >= 15 is 0 Å². The fourth-order valence-electron chi connectivity index (χ4n) is 3.02. The first-order valence-electron chi connectivity index (χ1n) is 7.74. The molecule has 112 valence electrons. The zero-order chi connectivity index (χ0) is 13.8. The van der Waals surface area contributed by atoms with E-state index in [1.807, 2.05) is 0 Å². The van der Waals surface area contributed by atoms with Gasteiger partial charge in [-0.05, 0) is 12.8 Å². The summed E-state index contributed by atoms with van der Waals surface area (Å²) in [6.07, 6.45) is 3.21. The number of aromatic nitrogens is 2. The minimum Gasteiger partial charge on any atom is -0.381 e. The fourth-order valence-corrected chi connectivity index (χ4v) is 3.02. The molecule has 1 aromatic heterocycles. The number of hydrogen-bond acceptors (Lipinski definition) is 6. The van der Waals surface area contributed by atoms with Crippen molar-refractivity contribution in [3.63, 3.8) is 0 Å². The van der Waals surface area contributed by atoms with Gasteiger partial charge >= 0.3 is 0 Å². The molecule has 2 atom stereocenters. The van der Waals surface area contributed by atoms with Gasteiger partial charge < -0.3 is 14.6 Å². The average Bonchev–Trinajstić information content (AvgIpc) is 3.16. The number of nitrogens with zero attached hydrogens (tertiary/aromatic N) is 3. The van der Waals surface area contributed by atoms with Gasteiger partial charge in [0.15, 0.2) is 5.82 Å². The first-order valence-corrected chi connectivity index (χ1v) is 7.74. The molecule has 0 bridgehead atoms. The number of ether oxygens (including phenoxy) is 1. The van der Waals surface area contributed by atoms with Crippen LogP contribution in [0.5, 0.6) is 0 Å². The van der Waals surface area contributed by atoms with E-state index in [1.165, 1.54) is 0 Å². The molecule has 2 unspecified atom stereocenters. The van der Waals surface area contributed by atoms with Crippen molar-refractivity contribution in [3.05, 3.63) is 11.7 Å². The van der Waals surface area contributed by atoms with Gasteiger partial charge in [-0.1, -0.05) is 18.5 Å². The lowest BCUT2D eigenvalue weighted by Crippen LogP contribution is -2.45. The van der Waals surface area contributed by atoms with Crippen LogP contribution in [0.1, 0.15) is 49.9 Å². The molecule has 2 aliphatic rings. The van der Waals surface area contributed by atoms with E-state index in [4.69, 9.17) is 9.26 Å². The van der Waals surface area contributed by atoms with Gasteiger partial charge in [-0.25, -0.2) is 0 Å². The number of rotatable bonds is 5. The summed E-state index contributed by atoms with van der Waals surface area (Å²) in [5.41, 5.74) is 0. The van der Waals surface area contributed by atoms with Crippen molar-refractivity contribution in [1.29, 1.82) is 0 Å². The van der Waals surface area contributed by atoms with Crippen LogP contribution in [-0.2, 0) is 4.74 Å². The standard InChI is InChI=1S/C14H24N4O2/c1-2-3-12(18-7-5-15-6-8-18)13-16-14(20-17-13)11-4-9-19-10-11/h11-12,15H,2-10H2,1H3. The van der Waals surface area contributed by atoms with Gasteiger partial charge in [-0.2, -0.15) is 4.98 Å². The molecule has 0 spiro atoms. The summed E-state index contributed by atoms with van der Waals surface area (Å²) >= 11 is 0. The van der Waals surface area contributed by atoms with Crippen LogP contribution in [0.4, 0.5) is 0 Å². The second kappa shape index (κ2) is 6.65. The predicted octanol–water partition coefficient (Wildman–Crippen LogP) is 1.32. The SMILES string of the molecule is CCCC(c1noc(C2CCOC2)n1)N1CCNCC1. The Morgan fingerprint density at radius 2 is 2.25 bits per heavy atom. The van der Waals surface area contributed by atoms with Gasteiger partial charge in [0.2, 0.25) is 5.89 Å². The molecule has 2 aliphatic heterocycles. The molecule has 0 saturated carbocycles. The minimum absolute atomic E-state index is 0.293. The molecular formula is C14H24N4O2. The van der Waals surface area contributed by atoms with Crippen LogP contribution in [0.25, 0.3) is 0 Å². The number of piperazine rings is 1. The number of hydrogen-bond donors (Lipinski definition) is 1. The maximum absolute atomic E-state index is 5.48. The predicted molar refractivity (Wildman–Crippen MR) is 74.6 cm³/mol. The van der Waals surface area contributed by atoms with E-state index in [9.17, 15) is 0 Å². The Morgan fingerprint density at radius 3 is 2.95 bits per heavy atom. The summed E-state index contributed by atoms with van der Waals surface area (Å²) in [5, 5.41) is 7.64. The molecule has 2 saturated heterocycles. The molecule has 3 heterocycles. The molecule has 1 N–H and O–H groups in total. The fraction of sp³-hybridized carbons (Fsp3) is 0.857. The molecule has 0 radical (unpaired) electrons. The van der Waals surface area contributed by atoms with Crippen molar-refractivity contribution in [1.82, 2.24) is 20.4 Å². The summed E-state index contributed by atoms with van der Waals surface area (Å²) in [6.45, 7) is 7.93. The Morgan fingerprint density at radius 1 is 1.40 bits per heavy atom. The smallest absolute Gasteiger partial charge is 0.232 e. The first-order chi connectivity index (χ1) is 9.88. The van der Waals surface area contributed by atoms with Gasteiger partial charge in [0.05, 0.1) is 18.6 Å². The molecule has 20 heavy (non-hydrogen) atoms. The highest BCUT2D eigenvalue weighted by Gasteiger charge is 2.29. The van der Waals surface area contributed by atoms with Gasteiger partial charge in [0.25, 0.3) is 0 Å². The molecule has 6 heteroatoms. The zero-order valence-electron chi connectivity index (χ0n) is 12.2. The van der Waals surface area contributed by atoms with Crippen LogP contribution < -0.4 is 5.32 Å². The van der Waals surface area contributed by atoms with Crippen LogP contribution in [0.15, 0.2) is 4.52 Å². The van der Waals surface area contributed by atoms with E-state index in [2.05, 4.69) is 27.3 Å². The van der Waals surface area contributed by atoms with E-state index < -0.39 is 0 Å². The Kier molecular flexibility index (Phi) is 4.65. The Hall–Kier alpha value is -0.980. The van der Waals surface area contributed by atoms with E-state index in [-0.39, 0.29) is 0 Å². The number of nitrogens with one attached hydrogen (secondary N) is 1. The van der Waals surface area contributed by atoms with Crippen LogP contribution in [0, 0.1) is 0 Å². The van der Waals surface area contributed by atoms with Crippen LogP contribution in [0.2, 0.25) is 0 Å². The molecule has 6 nitrogen and oxygen atoms in total. The third-order valence-corrected chi connectivity index (χ3v) is 4.19. The molecule has 2 fully saturated rings. The van der Waals surface area contributed by atoms with Crippen molar-refractivity contribution >= 4 is 0 Å². The van der Waals surface area contributed by atoms with Crippen LogP contribution in [0.3, 0.4) is 0 Å². The summed E-state index contributed by atoms with van der Waals surface area (Å²) in [7, 11) is 0. The highest BCUT2D eigenvalue weighted by Crippen LogP contribution is 2.28. The van der Waals surface area contributed by atoms with Crippen LogP contribution >= 0.6 is 0 Å². The summed E-state index contributed by atoms with van der Waals surface area (Å²) < 4.78 is 10.9. The van der Waals surface area contributed by atoms with Crippen molar-refractivity contribution in [3.8, 4) is 0 Å². The molecule has 1 aromatic rings. The summed E-state index contributed by atoms with van der Waals surface area (Å²) in [5.74, 6) is 1.91. The van der Waals surface area contributed by atoms with E-state index in [0.717, 1.165) is 63.8 Å². The summed E-state index contributed by atoms with van der Waals surface area (Å²) in [4.78, 5) is 7.14. The first kappa shape index (κ1) is 14.0. The Labute approximate surface area is 119 Å². The summed E-state index contributed by atoms with van der Waals surface area (Å²) in [6, 6.07) is 0.293. The second-order valence-corrected chi connectivity index (χ2v) is 5.64. The highest BCUT2D eigenvalue weighted by atomic mass is 16.5. The zero-order valence-corrected chi connectivity index (χ0v) is 12.2. The van der Waals surface area contributed by atoms with Crippen molar-refractivity contribution in [2.75, 3.05) is 39.4 Å². The van der Waals surface area contributed by atoms with Crippen molar-refractivity contribution in [2.45, 2.75) is 38.1 Å². The van der Waals surface area contributed by atoms with Gasteiger partial charge in [-0.15, -0.1) is 0 Å². The maximum atomic E-state index is 5.48. The second-order valence-electron chi connectivity index (χ2n) is 5.64. The third kappa shape index (κ3) is 3.02. The third-order valence-electron chi connectivity index (χ3n) is 4.19. The lowest BCUT2D eigenvalue weighted by molar-refractivity contribution is 0.155. The van der Waals surface area contributed by atoms with Gasteiger partial charge in [-0.3, -0.25) is 4.90 Å². The minimum atomic E-state index is 0.293. The maximum Gasteiger partial charge on any atom is 0.232 e. The normalized spacial score (nSPS) is 25.9. The Balaban J connectivity index is 1.72. The monoisotopic (exact) mass is 280 g/mol. The molecule has 3 rings (SSSR count). The van der Waals surface area contributed by atoms with Gasteiger partial charge in [0, 0.05) is 32.8 Å². The van der Waals surface area contributed by atoms with Crippen LogP contribution in [-0.4, -0.2) is 54.4 Å². The molecule has 0 amide bonds. The topological polar surface area (TPSA) is 63.4 Å². The quantitative estimate of drug-likeness (QED) is 0.877. The van der Waals surface area contributed by atoms with Crippen molar-refractivity contribution < 1.29 is 9.26 Å². The molecule has 0 aromatic carbocycles. The van der Waals surface area contributed by atoms with Crippen molar-refractivity contribution in [2.24, 2.45) is 0 Å². The largest absolute Gasteiger partial charge is 0.381 e. The lowest BCUT2D eigenvalue weighted by atomic mass is 10.1. The molecule has 0 aliphatic carbocycles. The van der Waals surface area contributed by atoms with Gasteiger partial charge in [0.1, 0.15) is 0 Å². The average molecular weight is 280 g/mol. The van der Waals surface area contributed by atoms with E-state index in [0.29, 0.717) is 18.6 Å².